The number of carbonyl (C=O) groups excluding carboxylic acids is 2. The number of nitrogens with two attached hydrogens (primary N) is 2. The number of benzene rings is 2. The third-order valence-corrected chi connectivity index (χ3v) is 2.45. The molecule has 0 spiro atoms. The predicted octanol–water partition coefficient (Wildman–Crippen LogP) is 5.27. The van der Waals surface area contributed by atoms with Gasteiger partial charge in [0.2, 0.25) is 6.79 Å². The molecule has 0 heterocycles. The molecule has 2 rings (SSSR count). The van der Waals surface area contributed by atoms with Crippen molar-refractivity contribution in [2.24, 2.45) is 0 Å². The van der Waals surface area contributed by atoms with Gasteiger partial charge in [-0.3, -0.25) is 4.79 Å². The smallest absolute Gasteiger partial charge is 0.438 e. The molecule has 4 N–H and O–H groups in total. The van der Waals surface area contributed by atoms with Gasteiger partial charge in [-0.15, -0.1) is 0 Å². The van der Waals surface area contributed by atoms with Gasteiger partial charge in [-0.05, 0) is 24.3 Å². The monoisotopic (exact) mass is 408 g/mol. The van der Waals surface area contributed by atoms with Crippen molar-refractivity contribution in [1.29, 1.82) is 0 Å². The van der Waals surface area contributed by atoms with E-state index in [1.165, 1.54) is 7.11 Å². The highest BCUT2D eigenvalue weighted by atomic mass is 16.8. The van der Waals surface area contributed by atoms with Crippen molar-refractivity contribution in [2.45, 2.75) is 41.0 Å². The Morgan fingerprint density at radius 3 is 1.38 bits per heavy atom. The summed E-state index contributed by atoms with van der Waals surface area (Å²) in [6.07, 6.45) is -0.612. The molecule has 0 aliphatic rings. The lowest BCUT2D eigenvalue weighted by atomic mass is 10.3. The summed E-state index contributed by atoms with van der Waals surface area (Å²) in [5, 5.41) is 0. The van der Waals surface area contributed by atoms with Crippen LogP contribution in [0, 0.1) is 0 Å². The van der Waals surface area contributed by atoms with Crippen LogP contribution in [0.25, 0.3) is 0 Å². The minimum atomic E-state index is -0.867. The van der Waals surface area contributed by atoms with Crippen LogP contribution in [0.4, 0.5) is 16.2 Å². The molecule has 0 unspecified atom stereocenters. The molecule has 2 aromatic carbocycles. The lowest BCUT2D eigenvalue weighted by molar-refractivity contribution is -0.152. The molecule has 0 amide bonds. The molecule has 0 fully saturated rings. The minimum Gasteiger partial charge on any atom is -0.438 e. The summed E-state index contributed by atoms with van der Waals surface area (Å²) in [5.74, 6) is -0.422. The van der Waals surface area contributed by atoms with Gasteiger partial charge < -0.3 is 25.7 Å². The van der Waals surface area contributed by atoms with Crippen molar-refractivity contribution in [3.8, 4) is 0 Å². The van der Waals surface area contributed by atoms with Crippen LogP contribution < -0.4 is 11.5 Å². The van der Waals surface area contributed by atoms with Crippen LogP contribution in [-0.4, -0.2) is 26.0 Å². The summed E-state index contributed by atoms with van der Waals surface area (Å²) < 4.78 is 12.8. The van der Waals surface area contributed by atoms with Gasteiger partial charge in [-0.2, -0.15) is 0 Å². The molecule has 0 radical (unpaired) electrons. The Hall–Kier alpha value is -3.22. The van der Waals surface area contributed by atoms with Crippen LogP contribution in [0.3, 0.4) is 0 Å². The Balaban J connectivity index is -0.000000329. The topological polar surface area (TPSA) is 114 Å². The molecule has 2 aromatic rings. The molecule has 0 aliphatic carbocycles. The zero-order valence-electron chi connectivity index (χ0n) is 18.4. The van der Waals surface area contributed by atoms with Crippen LogP contribution in [0.15, 0.2) is 60.7 Å². The normalized spacial score (nSPS) is 7.79. The summed E-state index contributed by atoms with van der Waals surface area (Å²) in [6.45, 7) is 9.25. The van der Waals surface area contributed by atoms with Gasteiger partial charge in [-0.25, -0.2) is 4.79 Å². The van der Waals surface area contributed by atoms with Gasteiger partial charge in [0.15, 0.2) is 0 Å². The first-order valence-electron chi connectivity index (χ1n) is 9.47. The summed E-state index contributed by atoms with van der Waals surface area (Å²) in [7, 11) is 1.17. The maximum atomic E-state index is 10.4. The SMILES string of the molecule is CC.CC.CCC(=O)OCOC(=O)OC.Nc1ccccc1.Nc1ccccc1. The molecule has 0 saturated carbocycles. The molecule has 0 aliphatic heterocycles. The fourth-order valence-electron chi connectivity index (χ4n) is 1.21. The van der Waals surface area contributed by atoms with E-state index in [1.807, 2.05) is 88.4 Å². The molecular weight excluding hydrogens is 372 g/mol. The fraction of sp³-hybridized carbons (Fsp3) is 0.364. The quantitative estimate of drug-likeness (QED) is 0.404. The van der Waals surface area contributed by atoms with Crippen molar-refractivity contribution in [3.63, 3.8) is 0 Å². The lowest BCUT2D eigenvalue weighted by Gasteiger charge is -2.02. The van der Waals surface area contributed by atoms with E-state index in [0.717, 1.165) is 11.4 Å². The highest BCUT2D eigenvalue weighted by molar-refractivity contribution is 5.69. The number of anilines is 2. The van der Waals surface area contributed by atoms with Crippen molar-refractivity contribution >= 4 is 23.5 Å². The van der Waals surface area contributed by atoms with Gasteiger partial charge >= 0.3 is 12.1 Å². The second kappa shape index (κ2) is 24.8. The molecule has 7 nitrogen and oxygen atoms in total. The number of para-hydroxylation sites is 2. The average Bonchev–Trinajstić information content (AvgIpc) is 2.78. The van der Waals surface area contributed by atoms with Gasteiger partial charge in [0.1, 0.15) is 0 Å². The van der Waals surface area contributed by atoms with E-state index in [2.05, 4.69) is 14.2 Å². The Morgan fingerprint density at radius 2 is 1.14 bits per heavy atom. The molecule has 0 atom stereocenters. The van der Waals surface area contributed by atoms with Crippen LogP contribution in [0.2, 0.25) is 0 Å². The number of methoxy groups -OCH3 is 1. The number of hydrogen-bond donors (Lipinski definition) is 2. The standard InChI is InChI=1S/2C6H7N.C6H10O5.2C2H6/c2*7-6-4-2-1-3-5-6;1-3-5(7)10-4-11-6(8)9-2;2*1-2/h2*1-5H,7H2;3-4H2,1-2H3;2*1-2H3. The van der Waals surface area contributed by atoms with E-state index in [4.69, 9.17) is 11.5 Å². The Bertz CT molecular complexity index is 539. The van der Waals surface area contributed by atoms with Crippen LogP contribution in [-0.2, 0) is 19.0 Å². The van der Waals surface area contributed by atoms with Gasteiger partial charge in [0, 0.05) is 17.8 Å². The van der Waals surface area contributed by atoms with Crippen LogP contribution in [0.5, 0.6) is 0 Å². The summed E-state index contributed by atoms with van der Waals surface area (Å²) in [6, 6.07) is 19.0. The van der Waals surface area contributed by atoms with E-state index in [9.17, 15) is 9.59 Å². The van der Waals surface area contributed by atoms with E-state index < -0.39 is 12.1 Å². The largest absolute Gasteiger partial charge is 0.510 e. The highest BCUT2D eigenvalue weighted by Crippen LogP contribution is 1.96. The zero-order valence-corrected chi connectivity index (χ0v) is 18.4. The lowest BCUT2D eigenvalue weighted by Crippen LogP contribution is -2.11. The molecule has 164 valence electrons. The summed E-state index contributed by atoms with van der Waals surface area (Å²) in [4.78, 5) is 20.7. The number of hydrogen-bond acceptors (Lipinski definition) is 7. The van der Waals surface area contributed by atoms with E-state index in [-0.39, 0.29) is 13.2 Å². The predicted molar refractivity (Wildman–Crippen MR) is 119 cm³/mol. The van der Waals surface area contributed by atoms with Crippen molar-refractivity contribution in [3.05, 3.63) is 60.7 Å². The number of esters is 1. The third-order valence-electron chi connectivity index (χ3n) is 2.45. The number of nitrogen functional groups attached to an aromatic ring is 2. The first kappa shape index (κ1) is 30.5. The molecule has 29 heavy (non-hydrogen) atoms. The number of ether oxygens (including phenoxy) is 3. The Morgan fingerprint density at radius 1 is 0.759 bits per heavy atom. The second-order valence-electron chi connectivity index (χ2n) is 4.41. The highest BCUT2D eigenvalue weighted by Gasteiger charge is 2.02. The van der Waals surface area contributed by atoms with E-state index in [0.29, 0.717) is 0 Å². The second-order valence-corrected chi connectivity index (χ2v) is 4.41. The van der Waals surface area contributed by atoms with E-state index in [1.54, 1.807) is 6.92 Å². The number of carbonyl (C=O) groups is 2. The first-order valence-corrected chi connectivity index (χ1v) is 9.47. The minimum absolute atomic E-state index is 0.254. The Labute approximate surface area is 175 Å². The van der Waals surface area contributed by atoms with Crippen LogP contribution >= 0.6 is 0 Å². The molecule has 7 heteroatoms. The van der Waals surface area contributed by atoms with Crippen LogP contribution in [0.1, 0.15) is 41.0 Å². The third kappa shape index (κ3) is 24.8. The summed E-state index contributed by atoms with van der Waals surface area (Å²) in [5.41, 5.74) is 12.4. The molecule has 0 saturated heterocycles. The zero-order chi connectivity index (χ0) is 22.9. The van der Waals surface area contributed by atoms with Crippen molar-refractivity contribution in [2.75, 3.05) is 25.4 Å². The number of rotatable bonds is 3. The van der Waals surface area contributed by atoms with Crippen molar-refractivity contribution in [1.82, 2.24) is 0 Å². The Kier molecular flexibility index (Phi) is 26.1. The molecular formula is C22H36N2O5. The molecule has 0 aromatic heterocycles. The maximum Gasteiger partial charge on any atom is 0.510 e. The van der Waals surface area contributed by atoms with Gasteiger partial charge in [-0.1, -0.05) is 71.0 Å². The average molecular weight is 409 g/mol. The van der Waals surface area contributed by atoms with Gasteiger partial charge in [0.25, 0.3) is 0 Å². The van der Waals surface area contributed by atoms with Crippen molar-refractivity contribution < 1.29 is 23.8 Å². The van der Waals surface area contributed by atoms with E-state index >= 15 is 0 Å². The summed E-state index contributed by atoms with van der Waals surface area (Å²) >= 11 is 0. The van der Waals surface area contributed by atoms with Gasteiger partial charge in [0.05, 0.1) is 7.11 Å². The fourth-order valence-corrected chi connectivity index (χ4v) is 1.21. The molecule has 0 bridgehead atoms. The maximum absolute atomic E-state index is 10.4. The first-order chi connectivity index (χ1) is 14.0.